The van der Waals surface area contributed by atoms with E-state index in [-0.39, 0.29) is 23.0 Å². The fourth-order valence-electron chi connectivity index (χ4n) is 2.02. The number of nitrogens with one attached hydrogen (secondary N) is 1. The zero-order valence-corrected chi connectivity index (χ0v) is 14.7. The first kappa shape index (κ1) is 18.6. The van der Waals surface area contributed by atoms with Crippen molar-refractivity contribution in [3.8, 4) is 11.8 Å². The first-order valence-electron chi connectivity index (χ1n) is 7.50. The molecule has 128 valence electrons. The molecule has 0 aliphatic heterocycles. The van der Waals surface area contributed by atoms with Crippen LogP contribution in [0.25, 0.3) is 0 Å². The number of hydrogen-bond donors (Lipinski definition) is 1. The Bertz CT molecular complexity index is 947. The minimum absolute atomic E-state index is 0.0249. The van der Waals surface area contributed by atoms with E-state index in [9.17, 15) is 18.0 Å². The molecule has 2 rings (SSSR count). The van der Waals surface area contributed by atoms with Gasteiger partial charge in [-0.05, 0) is 38.1 Å². The maximum absolute atomic E-state index is 12.1. The van der Waals surface area contributed by atoms with Crippen molar-refractivity contribution in [2.45, 2.75) is 18.7 Å². The van der Waals surface area contributed by atoms with Crippen LogP contribution in [-0.4, -0.2) is 26.5 Å². The molecule has 0 radical (unpaired) electrons. The number of carbonyl (C=O) groups is 2. The third-order valence-electron chi connectivity index (χ3n) is 3.45. The summed E-state index contributed by atoms with van der Waals surface area (Å²) in [6, 6.07) is 12.5. The fourth-order valence-corrected chi connectivity index (χ4v) is 2.94. The Morgan fingerprint density at radius 1 is 0.880 bits per heavy atom. The van der Waals surface area contributed by atoms with Crippen molar-refractivity contribution in [3.63, 3.8) is 0 Å². The van der Waals surface area contributed by atoms with E-state index in [2.05, 4.69) is 16.6 Å². The Balaban J connectivity index is 2.01. The standard InChI is InChI=1S/C19H17NO4S/c1-14(21)17-7-5-16(6-8-17)4-3-13-20-25(23,24)19-11-9-18(10-12-19)15(2)22/h5-12,20H,13H2,1-2H3. The van der Waals surface area contributed by atoms with Crippen LogP contribution < -0.4 is 4.72 Å². The zero-order valence-electron chi connectivity index (χ0n) is 13.9. The Labute approximate surface area is 147 Å². The molecule has 0 fully saturated rings. The van der Waals surface area contributed by atoms with Gasteiger partial charge in [0.25, 0.3) is 0 Å². The predicted molar refractivity (Wildman–Crippen MR) is 95.0 cm³/mol. The molecule has 5 nitrogen and oxygen atoms in total. The van der Waals surface area contributed by atoms with Gasteiger partial charge in [0.2, 0.25) is 10.0 Å². The maximum Gasteiger partial charge on any atom is 0.241 e. The number of benzene rings is 2. The van der Waals surface area contributed by atoms with Crippen LogP contribution in [0, 0.1) is 11.8 Å². The van der Waals surface area contributed by atoms with E-state index in [4.69, 9.17) is 0 Å². The molecule has 0 amide bonds. The lowest BCUT2D eigenvalue weighted by Crippen LogP contribution is -2.24. The average Bonchev–Trinajstić information content (AvgIpc) is 2.59. The van der Waals surface area contributed by atoms with Crippen LogP contribution in [0.15, 0.2) is 53.4 Å². The number of rotatable bonds is 5. The van der Waals surface area contributed by atoms with Gasteiger partial charge in [-0.15, -0.1) is 0 Å². The highest BCUT2D eigenvalue weighted by atomic mass is 32.2. The molecule has 0 saturated heterocycles. The Kier molecular flexibility index (Phi) is 5.86. The molecular weight excluding hydrogens is 338 g/mol. The number of hydrogen-bond acceptors (Lipinski definition) is 4. The second-order valence-corrected chi connectivity index (χ2v) is 7.11. The van der Waals surface area contributed by atoms with Gasteiger partial charge in [-0.3, -0.25) is 9.59 Å². The van der Waals surface area contributed by atoms with Crippen LogP contribution in [0.5, 0.6) is 0 Å². The number of sulfonamides is 1. The molecule has 0 atom stereocenters. The van der Waals surface area contributed by atoms with Gasteiger partial charge in [0.15, 0.2) is 11.6 Å². The van der Waals surface area contributed by atoms with Gasteiger partial charge >= 0.3 is 0 Å². The quantitative estimate of drug-likeness (QED) is 0.660. The molecule has 0 unspecified atom stereocenters. The van der Waals surface area contributed by atoms with E-state index in [1.807, 2.05) is 0 Å². The van der Waals surface area contributed by atoms with E-state index < -0.39 is 10.0 Å². The van der Waals surface area contributed by atoms with Gasteiger partial charge in [0, 0.05) is 16.7 Å². The average molecular weight is 355 g/mol. The van der Waals surface area contributed by atoms with Crippen LogP contribution >= 0.6 is 0 Å². The molecule has 2 aromatic rings. The summed E-state index contributed by atoms with van der Waals surface area (Å²) in [7, 11) is -3.68. The van der Waals surface area contributed by atoms with Crippen molar-refractivity contribution >= 4 is 21.6 Å². The molecule has 0 saturated carbocycles. The van der Waals surface area contributed by atoms with E-state index in [1.54, 1.807) is 24.3 Å². The largest absolute Gasteiger partial charge is 0.295 e. The van der Waals surface area contributed by atoms with E-state index in [0.717, 1.165) is 0 Å². The van der Waals surface area contributed by atoms with Gasteiger partial charge in [-0.25, -0.2) is 8.42 Å². The molecule has 0 aliphatic rings. The summed E-state index contributed by atoms with van der Waals surface area (Å²) in [5.41, 5.74) is 1.74. The lowest BCUT2D eigenvalue weighted by Gasteiger charge is -2.04. The van der Waals surface area contributed by atoms with E-state index >= 15 is 0 Å². The Morgan fingerprint density at radius 3 is 1.84 bits per heavy atom. The fraction of sp³-hybridized carbons (Fsp3) is 0.158. The summed E-state index contributed by atoms with van der Waals surface area (Å²) in [6.45, 7) is 2.85. The SMILES string of the molecule is CC(=O)c1ccc(C#CCNS(=O)(=O)c2ccc(C(C)=O)cc2)cc1. The van der Waals surface area contributed by atoms with Crippen molar-refractivity contribution in [2.24, 2.45) is 0 Å². The molecule has 0 bridgehead atoms. The Hall–Kier alpha value is -2.75. The van der Waals surface area contributed by atoms with Crippen LogP contribution in [0.4, 0.5) is 0 Å². The summed E-state index contributed by atoms with van der Waals surface area (Å²) in [4.78, 5) is 22.5. The number of carbonyl (C=O) groups excluding carboxylic acids is 2. The third kappa shape index (κ3) is 5.11. The minimum Gasteiger partial charge on any atom is -0.295 e. The van der Waals surface area contributed by atoms with E-state index in [1.165, 1.54) is 38.1 Å². The van der Waals surface area contributed by atoms with Crippen molar-refractivity contribution in [3.05, 3.63) is 65.2 Å². The summed E-state index contributed by atoms with van der Waals surface area (Å²) in [5.74, 6) is 5.40. The molecule has 0 heterocycles. The van der Waals surface area contributed by atoms with Gasteiger partial charge in [-0.2, -0.15) is 4.72 Å². The number of ketones is 2. The van der Waals surface area contributed by atoms with Crippen LogP contribution in [-0.2, 0) is 10.0 Å². The first-order valence-corrected chi connectivity index (χ1v) is 8.98. The van der Waals surface area contributed by atoms with Crippen molar-refractivity contribution in [2.75, 3.05) is 6.54 Å². The summed E-state index contributed by atoms with van der Waals surface area (Å²) >= 11 is 0. The number of Topliss-reactive ketones (excluding diaryl/α,β-unsaturated/α-hetero) is 2. The van der Waals surface area contributed by atoms with E-state index in [0.29, 0.717) is 16.7 Å². The van der Waals surface area contributed by atoms with Gasteiger partial charge in [-0.1, -0.05) is 36.1 Å². The lowest BCUT2D eigenvalue weighted by atomic mass is 10.1. The maximum atomic E-state index is 12.1. The van der Waals surface area contributed by atoms with Crippen molar-refractivity contribution in [1.29, 1.82) is 0 Å². The van der Waals surface area contributed by atoms with Gasteiger partial charge in [0.1, 0.15) is 0 Å². The molecule has 0 spiro atoms. The topological polar surface area (TPSA) is 80.3 Å². The molecule has 0 aromatic heterocycles. The summed E-state index contributed by atoms with van der Waals surface area (Å²) in [6.07, 6.45) is 0. The van der Waals surface area contributed by atoms with Crippen molar-refractivity contribution in [1.82, 2.24) is 4.72 Å². The smallest absolute Gasteiger partial charge is 0.241 e. The minimum atomic E-state index is -3.68. The molecular formula is C19H17NO4S. The second-order valence-electron chi connectivity index (χ2n) is 5.34. The van der Waals surface area contributed by atoms with Crippen LogP contribution in [0.3, 0.4) is 0 Å². The predicted octanol–water partition coefficient (Wildman–Crippen LogP) is 2.42. The zero-order chi connectivity index (χ0) is 18.4. The van der Waals surface area contributed by atoms with Gasteiger partial charge in [0.05, 0.1) is 11.4 Å². The molecule has 6 heteroatoms. The third-order valence-corrected chi connectivity index (χ3v) is 4.86. The van der Waals surface area contributed by atoms with Crippen molar-refractivity contribution < 1.29 is 18.0 Å². The second kappa shape index (κ2) is 7.88. The lowest BCUT2D eigenvalue weighted by molar-refractivity contribution is 0.100. The first-order chi connectivity index (χ1) is 11.8. The van der Waals surface area contributed by atoms with Crippen LogP contribution in [0.1, 0.15) is 40.1 Å². The molecule has 0 aliphatic carbocycles. The van der Waals surface area contributed by atoms with Crippen LogP contribution in [0.2, 0.25) is 0 Å². The highest BCUT2D eigenvalue weighted by Crippen LogP contribution is 2.10. The molecule has 1 N–H and O–H groups in total. The Morgan fingerprint density at radius 2 is 1.36 bits per heavy atom. The molecule has 2 aromatic carbocycles. The normalized spacial score (nSPS) is 10.6. The monoisotopic (exact) mass is 355 g/mol. The molecule has 25 heavy (non-hydrogen) atoms. The highest BCUT2D eigenvalue weighted by molar-refractivity contribution is 7.89. The van der Waals surface area contributed by atoms with Gasteiger partial charge < -0.3 is 0 Å². The summed E-state index contributed by atoms with van der Waals surface area (Å²) in [5, 5.41) is 0. The summed E-state index contributed by atoms with van der Waals surface area (Å²) < 4.78 is 26.7. The highest BCUT2D eigenvalue weighted by Gasteiger charge is 2.12.